The Morgan fingerprint density at radius 1 is 0.933 bits per heavy atom. The molecule has 3 aromatic carbocycles. The molecule has 3 rings (SSSR count). The third kappa shape index (κ3) is 5.39. The molecular formula is C23H21FN2O3S. The van der Waals surface area contributed by atoms with E-state index in [-0.39, 0.29) is 11.5 Å². The number of rotatable bonds is 7. The second-order valence-electron chi connectivity index (χ2n) is 6.47. The molecule has 3 aromatic rings. The summed E-state index contributed by atoms with van der Waals surface area (Å²) in [5.74, 6) is -0.00877. The second kappa shape index (κ2) is 9.93. The van der Waals surface area contributed by atoms with Crippen LogP contribution in [0.5, 0.6) is 5.75 Å². The molecule has 0 saturated carbocycles. The lowest BCUT2D eigenvalue weighted by Crippen LogP contribution is -2.15. The zero-order valence-electron chi connectivity index (χ0n) is 16.6. The van der Waals surface area contributed by atoms with Gasteiger partial charge in [0.25, 0.3) is 11.8 Å². The van der Waals surface area contributed by atoms with Gasteiger partial charge in [-0.2, -0.15) is 11.8 Å². The average Bonchev–Trinajstić information content (AvgIpc) is 2.74. The maximum Gasteiger partial charge on any atom is 0.255 e. The van der Waals surface area contributed by atoms with Crippen molar-refractivity contribution in [2.45, 2.75) is 5.75 Å². The Balaban J connectivity index is 1.79. The highest BCUT2D eigenvalue weighted by atomic mass is 32.2. The molecule has 2 amide bonds. The van der Waals surface area contributed by atoms with Gasteiger partial charge in [0, 0.05) is 22.6 Å². The minimum Gasteiger partial charge on any atom is -0.495 e. The van der Waals surface area contributed by atoms with Gasteiger partial charge < -0.3 is 15.4 Å². The van der Waals surface area contributed by atoms with Gasteiger partial charge in [0.05, 0.1) is 12.8 Å². The highest BCUT2D eigenvalue weighted by Crippen LogP contribution is 2.29. The fourth-order valence-corrected chi connectivity index (χ4v) is 3.39. The fraction of sp³-hybridized carbons (Fsp3) is 0.130. The normalized spacial score (nSPS) is 10.4. The number of carbonyl (C=O) groups is 2. The van der Waals surface area contributed by atoms with Crippen LogP contribution < -0.4 is 15.4 Å². The standard InChI is InChI=1S/C23H21FN2O3S/c1-29-21-10-9-19(25-22(27)16-6-3-5-15(11-16)14-30-2)13-20(21)26-23(28)17-7-4-8-18(24)12-17/h3-13H,14H2,1-2H3,(H,25,27)(H,26,28). The third-order valence-corrected chi connectivity index (χ3v) is 4.91. The number of anilines is 2. The molecule has 0 heterocycles. The van der Waals surface area contributed by atoms with Crippen LogP contribution in [0.4, 0.5) is 15.8 Å². The highest BCUT2D eigenvalue weighted by Gasteiger charge is 2.13. The van der Waals surface area contributed by atoms with Crippen molar-refractivity contribution in [1.82, 2.24) is 0 Å². The van der Waals surface area contributed by atoms with Crippen molar-refractivity contribution < 1.29 is 18.7 Å². The van der Waals surface area contributed by atoms with Crippen molar-refractivity contribution in [3.63, 3.8) is 0 Å². The lowest BCUT2D eigenvalue weighted by molar-refractivity contribution is 0.101. The van der Waals surface area contributed by atoms with E-state index in [1.807, 2.05) is 24.5 Å². The summed E-state index contributed by atoms with van der Waals surface area (Å²) < 4.78 is 18.7. The number of halogens is 1. The summed E-state index contributed by atoms with van der Waals surface area (Å²) in [5, 5.41) is 5.53. The van der Waals surface area contributed by atoms with Gasteiger partial charge in [-0.3, -0.25) is 9.59 Å². The quantitative estimate of drug-likeness (QED) is 0.547. The smallest absolute Gasteiger partial charge is 0.255 e. The van der Waals surface area contributed by atoms with Crippen molar-refractivity contribution in [2.75, 3.05) is 24.0 Å². The molecule has 0 bridgehead atoms. The summed E-state index contributed by atoms with van der Waals surface area (Å²) in [6.07, 6.45) is 2.00. The lowest BCUT2D eigenvalue weighted by Gasteiger charge is -2.13. The topological polar surface area (TPSA) is 67.4 Å². The number of thioether (sulfide) groups is 1. The molecular weight excluding hydrogens is 403 g/mol. The van der Waals surface area contributed by atoms with Crippen LogP contribution in [0.25, 0.3) is 0 Å². The van der Waals surface area contributed by atoms with Crippen molar-refractivity contribution in [3.8, 4) is 5.75 Å². The van der Waals surface area contributed by atoms with Gasteiger partial charge in [0.1, 0.15) is 11.6 Å². The first-order chi connectivity index (χ1) is 14.5. The lowest BCUT2D eigenvalue weighted by atomic mass is 10.1. The van der Waals surface area contributed by atoms with Crippen LogP contribution in [0.15, 0.2) is 66.7 Å². The predicted molar refractivity (Wildman–Crippen MR) is 119 cm³/mol. The van der Waals surface area contributed by atoms with Crippen LogP contribution in [-0.4, -0.2) is 25.2 Å². The molecule has 5 nitrogen and oxygen atoms in total. The first kappa shape index (κ1) is 21.4. The number of methoxy groups -OCH3 is 1. The molecule has 7 heteroatoms. The van der Waals surface area contributed by atoms with E-state index in [1.54, 1.807) is 36.0 Å². The first-order valence-corrected chi connectivity index (χ1v) is 10.5. The van der Waals surface area contributed by atoms with Gasteiger partial charge in [-0.15, -0.1) is 0 Å². The van der Waals surface area contributed by atoms with E-state index in [4.69, 9.17) is 4.74 Å². The Kier molecular flexibility index (Phi) is 7.08. The van der Waals surface area contributed by atoms with E-state index in [2.05, 4.69) is 10.6 Å². The predicted octanol–water partition coefficient (Wildman–Crippen LogP) is 5.20. The Labute approximate surface area is 178 Å². The van der Waals surface area contributed by atoms with E-state index >= 15 is 0 Å². The second-order valence-corrected chi connectivity index (χ2v) is 7.33. The molecule has 2 N–H and O–H groups in total. The van der Waals surface area contributed by atoms with Crippen LogP contribution >= 0.6 is 11.8 Å². The maximum atomic E-state index is 13.4. The Bertz CT molecular complexity index is 1070. The van der Waals surface area contributed by atoms with E-state index in [1.165, 1.54) is 25.3 Å². The van der Waals surface area contributed by atoms with Crippen molar-refractivity contribution >= 4 is 35.0 Å². The summed E-state index contributed by atoms with van der Waals surface area (Å²) in [4.78, 5) is 25.1. The van der Waals surface area contributed by atoms with Crippen LogP contribution in [0, 0.1) is 5.82 Å². The van der Waals surface area contributed by atoms with Crippen LogP contribution in [0.2, 0.25) is 0 Å². The number of ether oxygens (including phenoxy) is 1. The maximum absolute atomic E-state index is 13.4. The molecule has 0 aromatic heterocycles. The Morgan fingerprint density at radius 3 is 2.33 bits per heavy atom. The highest BCUT2D eigenvalue weighted by molar-refractivity contribution is 7.97. The van der Waals surface area contributed by atoms with Crippen molar-refractivity contribution in [1.29, 1.82) is 0 Å². The fourth-order valence-electron chi connectivity index (χ4n) is 2.88. The van der Waals surface area contributed by atoms with E-state index in [0.717, 1.165) is 17.4 Å². The van der Waals surface area contributed by atoms with Crippen LogP contribution in [0.1, 0.15) is 26.3 Å². The van der Waals surface area contributed by atoms with Gasteiger partial charge in [-0.1, -0.05) is 18.2 Å². The SMILES string of the molecule is COc1ccc(NC(=O)c2cccc(CSC)c2)cc1NC(=O)c1cccc(F)c1. The van der Waals surface area contributed by atoms with Gasteiger partial charge in [0.15, 0.2) is 0 Å². The first-order valence-electron chi connectivity index (χ1n) is 9.14. The molecule has 0 atom stereocenters. The molecule has 0 aliphatic heterocycles. The Hall–Kier alpha value is -3.32. The minimum absolute atomic E-state index is 0.178. The van der Waals surface area contributed by atoms with E-state index < -0.39 is 11.7 Å². The summed E-state index contributed by atoms with van der Waals surface area (Å²) in [6, 6.07) is 17.7. The van der Waals surface area contributed by atoms with Crippen LogP contribution in [-0.2, 0) is 5.75 Å². The molecule has 0 aliphatic rings. The van der Waals surface area contributed by atoms with E-state index in [9.17, 15) is 14.0 Å². The molecule has 154 valence electrons. The summed E-state index contributed by atoms with van der Waals surface area (Å²) >= 11 is 1.68. The van der Waals surface area contributed by atoms with Gasteiger partial charge in [-0.05, 0) is 60.4 Å². The number of hydrogen-bond acceptors (Lipinski definition) is 4. The molecule has 0 saturated heterocycles. The molecule has 0 spiro atoms. The molecule has 0 fully saturated rings. The number of carbonyl (C=O) groups excluding carboxylic acids is 2. The van der Waals surface area contributed by atoms with E-state index in [0.29, 0.717) is 22.7 Å². The third-order valence-electron chi connectivity index (χ3n) is 4.29. The van der Waals surface area contributed by atoms with Crippen molar-refractivity contribution in [2.24, 2.45) is 0 Å². The average molecular weight is 424 g/mol. The molecule has 0 unspecified atom stereocenters. The van der Waals surface area contributed by atoms with Crippen LogP contribution in [0.3, 0.4) is 0 Å². The molecule has 0 radical (unpaired) electrons. The van der Waals surface area contributed by atoms with Gasteiger partial charge in [-0.25, -0.2) is 4.39 Å². The minimum atomic E-state index is -0.501. The van der Waals surface area contributed by atoms with Gasteiger partial charge in [0.2, 0.25) is 0 Å². The monoisotopic (exact) mass is 424 g/mol. The molecule has 0 aliphatic carbocycles. The van der Waals surface area contributed by atoms with Gasteiger partial charge >= 0.3 is 0 Å². The van der Waals surface area contributed by atoms with Crippen molar-refractivity contribution in [3.05, 3.63) is 89.2 Å². The zero-order chi connectivity index (χ0) is 21.5. The summed E-state index contributed by atoms with van der Waals surface area (Å²) in [7, 11) is 1.47. The number of amides is 2. The molecule has 30 heavy (non-hydrogen) atoms. The Morgan fingerprint density at radius 2 is 1.63 bits per heavy atom. The summed E-state index contributed by atoms with van der Waals surface area (Å²) in [6.45, 7) is 0. The largest absolute Gasteiger partial charge is 0.495 e. The number of nitrogens with one attached hydrogen (secondary N) is 2. The number of hydrogen-bond donors (Lipinski definition) is 2. The summed E-state index contributed by atoms with van der Waals surface area (Å²) in [5.41, 5.74) is 2.64. The zero-order valence-corrected chi connectivity index (χ0v) is 17.4. The number of benzene rings is 3.